The Morgan fingerprint density at radius 3 is 1.05 bits per heavy atom. The van der Waals surface area contributed by atoms with Gasteiger partial charge in [0, 0.05) is 31.1 Å². The van der Waals surface area contributed by atoms with Gasteiger partial charge in [0.1, 0.15) is 30.2 Å². The topological polar surface area (TPSA) is 501 Å². The molecule has 27 nitrogen and oxygen atoms in total. The van der Waals surface area contributed by atoms with Gasteiger partial charge in [-0.1, -0.05) is 47.3 Å². The number of nitrogens with one attached hydrogen (secondary N) is 7. The second kappa shape index (κ2) is 47.2. The SMILES string of the molecule is CCOC(=O)[C@@H](N)CCCCNC(=O)[C@H](CSSC[C@H](NC(=O)[C@H](CCCCNC(=O)[C@@H](N)CCCCN)NC(=O)C(N)CCCCN)C(=O)O)NC(=O)[C@H](CCCCNC(=O)[C@@H](N)CCCCN)NC(=O)C(N)CCCCN. The Kier molecular flexibility index (Phi) is 44.6. The summed E-state index contributed by atoms with van der Waals surface area (Å²) in [6.45, 7) is 4.28. The van der Waals surface area contributed by atoms with Gasteiger partial charge in [0.25, 0.3) is 0 Å². The van der Waals surface area contributed by atoms with Crippen molar-refractivity contribution in [3.05, 3.63) is 0 Å². The Hall–Kier alpha value is -4.43. The van der Waals surface area contributed by atoms with E-state index in [2.05, 4.69) is 37.2 Å². The van der Waals surface area contributed by atoms with Gasteiger partial charge in [-0.3, -0.25) is 38.4 Å². The molecule has 7 amide bonds. The predicted octanol–water partition coefficient (Wildman–Crippen LogP) is -3.03. The number of rotatable bonds is 50. The average molecular weight is 1170 g/mol. The van der Waals surface area contributed by atoms with Crippen LogP contribution in [0.4, 0.5) is 0 Å². The largest absolute Gasteiger partial charge is 0.480 e. The van der Waals surface area contributed by atoms with E-state index in [1.54, 1.807) is 6.92 Å². The number of hydrogen-bond acceptors (Lipinski definition) is 21. The molecule has 0 spiro atoms. The summed E-state index contributed by atoms with van der Waals surface area (Å²) in [6.07, 6.45) is 9.76. The minimum absolute atomic E-state index is 0.0807. The van der Waals surface area contributed by atoms with Crippen LogP contribution in [0.25, 0.3) is 0 Å². The van der Waals surface area contributed by atoms with Crippen LogP contribution in [0.1, 0.15) is 142 Å². The first-order chi connectivity index (χ1) is 37.8. The number of hydrogen-bond donors (Lipinski definition) is 17. The Labute approximate surface area is 475 Å². The van der Waals surface area contributed by atoms with E-state index >= 15 is 0 Å². The van der Waals surface area contributed by atoms with Crippen molar-refractivity contribution in [2.75, 3.05) is 63.9 Å². The molecule has 0 saturated carbocycles. The van der Waals surface area contributed by atoms with Gasteiger partial charge in [-0.15, -0.1) is 0 Å². The van der Waals surface area contributed by atoms with Gasteiger partial charge in [0.15, 0.2) is 0 Å². The van der Waals surface area contributed by atoms with Crippen LogP contribution in [0.5, 0.6) is 0 Å². The molecule has 0 saturated heterocycles. The monoisotopic (exact) mass is 1160 g/mol. The minimum atomic E-state index is -1.48. The van der Waals surface area contributed by atoms with Crippen LogP contribution in [0.15, 0.2) is 0 Å². The number of carboxylic acids is 1. The number of unbranched alkanes of at least 4 members (excludes halogenated alkanes) is 7. The number of aliphatic carboxylic acids is 1. The van der Waals surface area contributed by atoms with Gasteiger partial charge in [0.2, 0.25) is 41.4 Å². The third kappa shape index (κ3) is 36.5. The predicted molar refractivity (Wildman–Crippen MR) is 309 cm³/mol. The number of esters is 1. The molecule has 0 aliphatic carbocycles. The smallest absolute Gasteiger partial charge is 0.327 e. The van der Waals surface area contributed by atoms with E-state index in [1.807, 2.05) is 0 Å². The van der Waals surface area contributed by atoms with Crippen LogP contribution in [-0.4, -0.2) is 177 Å². The Balaban J connectivity index is 6.26. The van der Waals surface area contributed by atoms with Crippen LogP contribution >= 0.6 is 21.6 Å². The summed E-state index contributed by atoms with van der Waals surface area (Å²) in [5, 5.41) is 29.2. The summed E-state index contributed by atoms with van der Waals surface area (Å²) < 4.78 is 4.97. The Morgan fingerprint density at radius 1 is 0.380 bits per heavy atom. The van der Waals surface area contributed by atoms with Gasteiger partial charge in [-0.2, -0.15) is 0 Å². The fourth-order valence-electron chi connectivity index (χ4n) is 7.61. The number of nitrogens with two attached hydrogens (primary N) is 9. The third-order valence-electron chi connectivity index (χ3n) is 12.6. The standard InChI is InChI=1S/C50H100N16O11S2/c1-2-77-50(76)37(59)21-7-14-30-62-46(71)40(65-47(72)38(63-44(69)35(57)19-5-12-26-53)22-8-15-28-60-42(67)33(55)17-3-10-24-51)31-78-79-32-41(49(74)75)66-48(73)39(64-45(70)36(58)20-6-13-27-54)23-9-16-29-61-43(68)34(56)18-4-11-25-52/h33-41H,2-32,51-59H2,1H3,(H,60,67)(H,61,68)(H,62,71)(H,63,69)(H,64,70)(H,65,72)(H,66,73)(H,74,75)/t33-,34-,35?,36?,37-,38-,39-,40-,41-/m0/s1. The molecule has 0 aromatic carbocycles. The molecular formula is C50H100N16O11S2. The van der Waals surface area contributed by atoms with Gasteiger partial charge in [-0.05, 0) is 142 Å². The summed E-state index contributed by atoms with van der Waals surface area (Å²) in [4.78, 5) is 118. The maximum absolute atomic E-state index is 14.1. The number of carbonyl (C=O) groups excluding carboxylic acids is 8. The van der Waals surface area contributed by atoms with Crippen LogP contribution in [0.3, 0.4) is 0 Å². The molecule has 0 aliphatic heterocycles. The summed E-state index contributed by atoms with van der Waals surface area (Å²) in [7, 11) is 2.04. The zero-order chi connectivity index (χ0) is 59.4. The molecule has 2 unspecified atom stereocenters. The van der Waals surface area contributed by atoms with Gasteiger partial charge in [-0.25, -0.2) is 4.79 Å². The average Bonchev–Trinajstić information content (AvgIpc) is 3.42. The fourth-order valence-corrected chi connectivity index (χ4v) is 9.93. The molecule has 0 fully saturated rings. The Bertz CT molecular complexity index is 1770. The first-order valence-corrected chi connectivity index (χ1v) is 30.5. The van der Waals surface area contributed by atoms with E-state index in [9.17, 15) is 48.3 Å². The Morgan fingerprint density at radius 2 is 0.684 bits per heavy atom. The van der Waals surface area contributed by atoms with E-state index in [4.69, 9.17) is 56.3 Å². The molecule has 29 heteroatoms. The normalized spacial score (nSPS) is 14.7. The van der Waals surface area contributed by atoms with Crippen LogP contribution in [0.2, 0.25) is 0 Å². The van der Waals surface area contributed by atoms with Crippen molar-refractivity contribution in [3.63, 3.8) is 0 Å². The van der Waals surface area contributed by atoms with E-state index < -0.39 is 95.9 Å². The molecule has 79 heavy (non-hydrogen) atoms. The number of amides is 7. The van der Waals surface area contributed by atoms with Crippen molar-refractivity contribution < 1.29 is 53.0 Å². The van der Waals surface area contributed by atoms with Crippen molar-refractivity contribution >= 4 is 74.9 Å². The first-order valence-electron chi connectivity index (χ1n) is 28.0. The lowest BCUT2D eigenvalue weighted by Gasteiger charge is -2.25. The highest BCUT2D eigenvalue weighted by Gasteiger charge is 2.31. The lowest BCUT2D eigenvalue weighted by molar-refractivity contribution is -0.145. The molecule has 0 rings (SSSR count). The highest BCUT2D eigenvalue weighted by molar-refractivity contribution is 8.76. The fraction of sp³-hybridized carbons (Fsp3) is 0.820. The quantitative estimate of drug-likeness (QED) is 0.0164. The van der Waals surface area contributed by atoms with E-state index in [1.165, 1.54) is 0 Å². The number of carboxylic acid groups (broad SMARTS) is 1. The number of ether oxygens (including phenoxy) is 1. The molecular weight excluding hydrogens is 1060 g/mol. The molecule has 9 atom stereocenters. The molecule has 0 aromatic rings. The summed E-state index contributed by atoms with van der Waals surface area (Å²) in [5.41, 5.74) is 52.5. The van der Waals surface area contributed by atoms with E-state index in [0.29, 0.717) is 135 Å². The lowest BCUT2D eigenvalue weighted by atomic mass is 10.1. The lowest BCUT2D eigenvalue weighted by Crippen LogP contribution is -2.56. The highest BCUT2D eigenvalue weighted by Crippen LogP contribution is 2.24. The van der Waals surface area contributed by atoms with Crippen LogP contribution in [-0.2, 0) is 47.9 Å². The summed E-state index contributed by atoms with van der Waals surface area (Å²) in [6, 6.07) is -9.21. The zero-order valence-electron chi connectivity index (χ0n) is 46.7. The van der Waals surface area contributed by atoms with Crippen LogP contribution in [0, 0.1) is 0 Å². The van der Waals surface area contributed by atoms with E-state index in [0.717, 1.165) is 34.4 Å². The van der Waals surface area contributed by atoms with Crippen molar-refractivity contribution in [2.24, 2.45) is 51.6 Å². The summed E-state index contributed by atoms with van der Waals surface area (Å²) >= 11 is 0. The molecule has 0 aromatic heterocycles. The first kappa shape index (κ1) is 74.6. The molecule has 0 heterocycles. The molecule has 458 valence electrons. The highest BCUT2D eigenvalue weighted by atomic mass is 33.1. The maximum atomic E-state index is 14.1. The van der Waals surface area contributed by atoms with Gasteiger partial charge < -0.3 is 98.7 Å². The second-order valence-corrected chi connectivity index (χ2v) is 22.0. The zero-order valence-corrected chi connectivity index (χ0v) is 48.3. The second-order valence-electron chi connectivity index (χ2n) is 19.4. The van der Waals surface area contributed by atoms with E-state index in [-0.39, 0.29) is 62.4 Å². The van der Waals surface area contributed by atoms with Crippen molar-refractivity contribution in [2.45, 2.75) is 196 Å². The van der Waals surface area contributed by atoms with Crippen molar-refractivity contribution in [1.82, 2.24) is 37.2 Å². The molecule has 26 N–H and O–H groups in total. The van der Waals surface area contributed by atoms with Gasteiger partial charge in [0.05, 0.1) is 30.8 Å². The van der Waals surface area contributed by atoms with Crippen LogP contribution < -0.4 is 88.8 Å². The summed E-state index contributed by atoms with van der Waals surface area (Å²) in [5.74, 6) is -6.18. The third-order valence-corrected chi connectivity index (χ3v) is 15.0. The molecule has 0 radical (unpaired) electrons. The molecule has 0 bridgehead atoms. The molecule has 0 aliphatic rings. The minimum Gasteiger partial charge on any atom is -0.480 e. The van der Waals surface area contributed by atoms with Crippen molar-refractivity contribution in [1.29, 1.82) is 0 Å². The van der Waals surface area contributed by atoms with Gasteiger partial charge >= 0.3 is 11.9 Å². The number of carbonyl (C=O) groups is 9. The maximum Gasteiger partial charge on any atom is 0.327 e. The van der Waals surface area contributed by atoms with Crippen molar-refractivity contribution in [3.8, 4) is 0 Å².